The van der Waals surface area contributed by atoms with Crippen molar-refractivity contribution in [2.24, 2.45) is 0 Å². The summed E-state index contributed by atoms with van der Waals surface area (Å²) in [5.74, 6) is -0.200. The molecule has 0 radical (unpaired) electrons. The Morgan fingerprint density at radius 1 is 0.903 bits per heavy atom. The fourth-order valence-electron chi connectivity index (χ4n) is 3.16. The van der Waals surface area contributed by atoms with Crippen molar-refractivity contribution in [1.82, 2.24) is 9.97 Å². The van der Waals surface area contributed by atoms with Crippen molar-refractivity contribution in [3.8, 4) is 0 Å². The molecular weight excluding hydrogens is 401 g/mol. The quantitative estimate of drug-likeness (QED) is 0.435. The maximum Gasteiger partial charge on any atom is 0.421 e. The van der Waals surface area contributed by atoms with E-state index in [-0.39, 0.29) is 17.2 Å². The Kier molecular flexibility index (Phi) is 6.53. The number of rotatable bonds is 6. The van der Waals surface area contributed by atoms with Crippen LogP contribution in [0, 0.1) is 0 Å². The molecule has 0 atom stereocenters. The summed E-state index contributed by atoms with van der Waals surface area (Å²) >= 11 is 0. The monoisotopic (exact) mass is 428 g/mol. The van der Waals surface area contributed by atoms with Crippen molar-refractivity contribution < 1.29 is 13.2 Å². The normalized spacial score (nSPS) is 12.0. The van der Waals surface area contributed by atoms with E-state index in [0.717, 1.165) is 30.2 Å². The lowest BCUT2D eigenvalue weighted by Crippen LogP contribution is -2.13. The molecule has 0 amide bonds. The number of aromatic nitrogens is 2. The maximum absolute atomic E-state index is 13.5. The van der Waals surface area contributed by atoms with Crippen molar-refractivity contribution in [3.63, 3.8) is 0 Å². The molecule has 0 aliphatic carbocycles. The molecule has 0 aliphatic heterocycles. The van der Waals surface area contributed by atoms with E-state index >= 15 is 0 Å². The van der Waals surface area contributed by atoms with Gasteiger partial charge in [-0.3, -0.25) is 0 Å². The Morgan fingerprint density at radius 3 is 2.23 bits per heavy atom. The van der Waals surface area contributed by atoms with Crippen LogP contribution in [0.5, 0.6) is 0 Å². The fraction of sp³-hybridized carbons (Fsp3) is 0.333. The molecule has 0 fully saturated rings. The molecule has 0 saturated carbocycles. The number of hydrogen-bond acceptors (Lipinski definition) is 4. The minimum Gasteiger partial charge on any atom is -0.340 e. The van der Waals surface area contributed by atoms with E-state index in [2.05, 4.69) is 48.3 Å². The third kappa shape index (κ3) is 5.96. The van der Waals surface area contributed by atoms with E-state index in [0.29, 0.717) is 11.4 Å². The van der Waals surface area contributed by atoms with Gasteiger partial charge in [0.1, 0.15) is 11.4 Å². The SMILES string of the molecule is CCCc1cccc(Nc2nc(Nc3ccc(C(C)(C)C)cc3)ncc2C(F)(F)F)c1. The summed E-state index contributed by atoms with van der Waals surface area (Å²) in [6, 6.07) is 15.0. The van der Waals surface area contributed by atoms with Crippen LogP contribution in [-0.2, 0) is 18.0 Å². The largest absolute Gasteiger partial charge is 0.421 e. The highest BCUT2D eigenvalue weighted by atomic mass is 19.4. The fourth-order valence-corrected chi connectivity index (χ4v) is 3.16. The first kappa shape index (κ1) is 22.6. The van der Waals surface area contributed by atoms with Crippen LogP contribution >= 0.6 is 0 Å². The molecule has 3 rings (SSSR count). The Balaban J connectivity index is 1.89. The second-order valence-corrected chi connectivity index (χ2v) is 8.48. The molecule has 1 aromatic heterocycles. The molecular formula is C24H27F3N4. The lowest BCUT2D eigenvalue weighted by Gasteiger charge is -2.19. The number of nitrogens with one attached hydrogen (secondary N) is 2. The zero-order valence-corrected chi connectivity index (χ0v) is 18.1. The molecule has 0 aliphatic rings. The Morgan fingerprint density at radius 2 is 1.61 bits per heavy atom. The molecule has 7 heteroatoms. The summed E-state index contributed by atoms with van der Waals surface area (Å²) in [5, 5.41) is 5.81. The maximum atomic E-state index is 13.5. The van der Waals surface area contributed by atoms with Gasteiger partial charge in [-0.1, -0.05) is 58.4 Å². The van der Waals surface area contributed by atoms with Crippen molar-refractivity contribution in [2.75, 3.05) is 10.6 Å². The summed E-state index contributed by atoms with van der Waals surface area (Å²) < 4.78 is 40.6. The number of alkyl halides is 3. The van der Waals surface area contributed by atoms with E-state index in [4.69, 9.17) is 0 Å². The predicted molar refractivity (Wildman–Crippen MR) is 119 cm³/mol. The summed E-state index contributed by atoms with van der Waals surface area (Å²) in [6.07, 6.45) is -1.97. The molecule has 0 bridgehead atoms. The van der Waals surface area contributed by atoms with Gasteiger partial charge in [0.25, 0.3) is 0 Å². The molecule has 31 heavy (non-hydrogen) atoms. The Hall–Kier alpha value is -3.09. The van der Waals surface area contributed by atoms with Crippen LogP contribution in [0.15, 0.2) is 54.7 Å². The van der Waals surface area contributed by atoms with Gasteiger partial charge in [0.15, 0.2) is 0 Å². The molecule has 3 aromatic rings. The highest BCUT2D eigenvalue weighted by Gasteiger charge is 2.35. The highest BCUT2D eigenvalue weighted by molar-refractivity contribution is 5.63. The van der Waals surface area contributed by atoms with Crippen LogP contribution in [0.25, 0.3) is 0 Å². The number of hydrogen-bond donors (Lipinski definition) is 2. The van der Waals surface area contributed by atoms with E-state index < -0.39 is 11.7 Å². The second kappa shape index (κ2) is 8.96. The van der Waals surface area contributed by atoms with Gasteiger partial charge in [-0.15, -0.1) is 0 Å². The lowest BCUT2D eigenvalue weighted by atomic mass is 9.87. The van der Waals surface area contributed by atoms with Crippen molar-refractivity contribution in [2.45, 2.75) is 52.1 Å². The predicted octanol–water partition coefficient (Wildman–Crippen LogP) is 7.23. The number of anilines is 4. The first-order valence-corrected chi connectivity index (χ1v) is 10.2. The van der Waals surface area contributed by atoms with E-state index in [1.807, 2.05) is 42.5 Å². The summed E-state index contributed by atoms with van der Waals surface area (Å²) in [6.45, 7) is 8.39. The molecule has 0 unspecified atom stereocenters. The average Bonchev–Trinajstić information content (AvgIpc) is 2.67. The van der Waals surface area contributed by atoms with Gasteiger partial charge in [-0.2, -0.15) is 18.2 Å². The zero-order valence-electron chi connectivity index (χ0n) is 18.1. The number of nitrogens with zero attached hydrogens (tertiary/aromatic N) is 2. The molecule has 0 saturated heterocycles. The van der Waals surface area contributed by atoms with Gasteiger partial charge >= 0.3 is 6.18 Å². The summed E-state index contributed by atoms with van der Waals surface area (Å²) in [5.41, 5.74) is 2.54. The van der Waals surface area contributed by atoms with Crippen molar-refractivity contribution in [3.05, 3.63) is 71.4 Å². The van der Waals surface area contributed by atoms with Gasteiger partial charge < -0.3 is 10.6 Å². The van der Waals surface area contributed by atoms with Gasteiger partial charge in [-0.25, -0.2) is 4.98 Å². The number of benzene rings is 2. The molecule has 2 N–H and O–H groups in total. The van der Waals surface area contributed by atoms with Crippen LogP contribution in [0.4, 0.5) is 36.3 Å². The summed E-state index contributed by atoms with van der Waals surface area (Å²) in [4.78, 5) is 8.00. The average molecular weight is 429 g/mol. The molecule has 1 heterocycles. The van der Waals surface area contributed by atoms with Gasteiger partial charge in [0, 0.05) is 17.6 Å². The van der Waals surface area contributed by atoms with Crippen LogP contribution in [0.1, 0.15) is 50.8 Å². The topological polar surface area (TPSA) is 49.8 Å². The minimum atomic E-state index is -4.57. The first-order valence-electron chi connectivity index (χ1n) is 10.2. The van der Waals surface area contributed by atoms with Crippen molar-refractivity contribution in [1.29, 1.82) is 0 Å². The van der Waals surface area contributed by atoms with Gasteiger partial charge in [-0.05, 0) is 47.2 Å². The third-order valence-electron chi connectivity index (χ3n) is 4.83. The number of halogens is 3. The van der Waals surface area contributed by atoms with Crippen LogP contribution < -0.4 is 10.6 Å². The zero-order chi connectivity index (χ0) is 22.6. The molecule has 2 aromatic carbocycles. The Bertz CT molecular complexity index is 1020. The molecule has 4 nitrogen and oxygen atoms in total. The second-order valence-electron chi connectivity index (χ2n) is 8.48. The minimum absolute atomic E-state index is 0.00674. The smallest absolute Gasteiger partial charge is 0.340 e. The first-order chi connectivity index (χ1) is 14.6. The highest BCUT2D eigenvalue weighted by Crippen LogP contribution is 2.35. The van der Waals surface area contributed by atoms with Crippen LogP contribution in [0.3, 0.4) is 0 Å². The third-order valence-corrected chi connectivity index (χ3v) is 4.83. The summed E-state index contributed by atoms with van der Waals surface area (Å²) in [7, 11) is 0. The molecule has 0 spiro atoms. The van der Waals surface area contributed by atoms with E-state index in [1.165, 1.54) is 0 Å². The Labute approximate surface area is 181 Å². The van der Waals surface area contributed by atoms with E-state index in [1.54, 1.807) is 6.07 Å². The standard InChI is InChI=1S/C24H27F3N4/c1-5-7-16-8-6-9-19(14-16)29-21-20(24(25,26)27)15-28-22(31-21)30-18-12-10-17(11-13-18)23(2,3)4/h6,8-15H,5,7H2,1-4H3,(H2,28,29,30,31). The molecule has 164 valence electrons. The number of aryl methyl sites for hydroxylation is 1. The van der Waals surface area contributed by atoms with Gasteiger partial charge in [0.05, 0.1) is 0 Å². The van der Waals surface area contributed by atoms with E-state index in [9.17, 15) is 13.2 Å². The van der Waals surface area contributed by atoms with Crippen LogP contribution in [0.2, 0.25) is 0 Å². The van der Waals surface area contributed by atoms with Crippen LogP contribution in [-0.4, -0.2) is 9.97 Å². The van der Waals surface area contributed by atoms with Gasteiger partial charge in [0.2, 0.25) is 5.95 Å². The van der Waals surface area contributed by atoms with Crippen molar-refractivity contribution >= 4 is 23.1 Å². The lowest BCUT2D eigenvalue weighted by molar-refractivity contribution is -0.137.